The number of hydrogen-bond donors (Lipinski definition) is 1. The van der Waals surface area contributed by atoms with Gasteiger partial charge in [0.25, 0.3) is 5.56 Å². The third-order valence-electron chi connectivity index (χ3n) is 2.90. The molecule has 0 saturated heterocycles. The fourth-order valence-corrected chi connectivity index (χ4v) is 2.66. The molecule has 0 unspecified atom stereocenters. The fraction of sp³-hybridized carbons (Fsp3) is 0.333. The molecule has 1 N–H and O–H groups in total. The molecule has 0 aliphatic rings. The third-order valence-corrected chi connectivity index (χ3v) is 4.38. The van der Waals surface area contributed by atoms with Crippen LogP contribution in [-0.4, -0.2) is 9.97 Å². The van der Waals surface area contributed by atoms with Crippen LogP contribution in [0.5, 0.6) is 0 Å². The highest BCUT2D eigenvalue weighted by molar-refractivity contribution is 14.1. The highest BCUT2D eigenvalue weighted by Crippen LogP contribution is 2.18. The van der Waals surface area contributed by atoms with Gasteiger partial charge in [-0.05, 0) is 46.6 Å². The van der Waals surface area contributed by atoms with E-state index in [1.165, 1.54) is 0 Å². The molecule has 0 spiro atoms. The van der Waals surface area contributed by atoms with Crippen molar-refractivity contribution in [2.75, 3.05) is 0 Å². The van der Waals surface area contributed by atoms with Gasteiger partial charge in [0.15, 0.2) is 0 Å². The van der Waals surface area contributed by atoms with Crippen LogP contribution in [0.2, 0.25) is 5.02 Å². The Labute approximate surface area is 136 Å². The van der Waals surface area contributed by atoms with E-state index >= 15 is 0 Å². The highest BCUT2D eigenvalue weighted by Gasteiger charge is 2.11. The summed E-state index contributed by atoms with van der Waals surface area (Å²) in [4.78, 5) is 19.4. The van der Waals surface area contributed by atoms with Crippen molar-refractivity contribution in [3.8, 4) is 0 Å². The molecule has 0 aliphatic carbocycles. The Morgan fingerprint density at radius 3 is 2.70 bits per heavy atom. The molecule has 1 heterocycles. The van der Waals surface area contributed by atoms with Crippen LogP contribution in [0.4, 0.5) is 0 Å². The minimum Gasteiger partial charge on any atom is -0.309 e. The van der Waals surface area contributed by atoms with Crippen LogP contribution < -0.4 is 5.56 Å². The molecule has 20 heavy (non-hydrogen) atoms. The number of H-pyrrole nitrogens is 1. The number of aromatic amines is 1. The largest absolute Gasteiger partial charge is 0.309 e. The molecular weight excluding hydrogens is 387 g/mol. The molecule has 5 heteroatoms. The fourth-order valence-electron chi connectivity index (χ4n) is 1.98. The number of benzene rings is 1. The molecular formula is C15H16ClIN2O. The first-order valence-electron chi connectivity index (χ1n) is 6.48. The minimum atomic E-state index is -0.0710. The standard InChI is InChI=1S/C15H16ClIN2O/c1-9(2)7-12-14(17)15(20)19-13(18-12)8-10-5-3-4-6-11(10)16/h3-6,9H,7-8H2,1-2H3,(H,18,19,20). The summed E-state index contributed by atoms with van der Waals surface area (Å²) in [5.41, 5.74) is 1.76. The number of nitrogens with one attached hydrogen (secondary N) is 1. The molecule has 0 bridgehead atoms. The molecule has 0 amide bonds. The van der Waals surface area contributed by atoms with Crippen LogP contribution in [0.25, 0.3) is 0 Å². The number of aromatic nitrogens is 2. The Kier molecular flexibility index (Phi) is 5.21. The zero-order chi connectivity index (χ0) is 14.7. The van der Waals surface area contributed by atoms with E-state index in [0.717, 1.165) is 17.7 Å². The molecule has 2 aromatic rings. The Morgan fingerprint density at radius 2 is 2.05 bits per heavy atom. The van der Waals surface area contributed by atoms with Crippen LogP contribution >= 0.6 is 34.2 Å². The first kappa shape index (κ1) is 15.5. The Balaban J connectivity index is 2.36. The van der Waals surface area contributed by atoms with Gasteiger partial charge in [-0.15, -0.1) is 0 Å². The third kappa shape index (κ3) is 3.82. The van der Waals surface area contributed by atoms with Crippen molar-refractivity contribution >= 4 is 34.2 Å². The summed E-state index contributed by atoms with van der Waals surface area (Å²) < 4.78 is 0.680. The van der Waals surface area contributed by atoms with Crippen molar-refractivity contribution in [2.24, 2.45) is 5.92 Å². The average Bonchev–Trinajstić information content (AvgIpc) is 2.37. The quantitative estimate of drug-likeness (QED) is 0.790. The lowest BCUT2D eigenvalue weighted by Gasteiger charge is -2.09. The topological polar surface area (TPSA) is 45.8 Å². The number of nitrogens with zero attached hydrogens (tertiary/aromatic N) is 1. The van der Waals surface area contributed by atoms with Crippen molar-refractivity contribution in [2.45, 2.75) is 26.7 Å². The van der Waals surface area contributed by atoms with Gasteiger partial charge < -0.3 is 4.98 Å². The van der Waals surface area contributed by atoms with Gasteiger partial charge in [-0.25, -0.2) is 4.98 Å². The summed E-state index contributed by atoms with van der Waals surface area (Å²) in [6, 6.07) is 7.61. The first-order chi connectivity index (χ1) is 9.47. The smallest absolute Gasteiger partial charge is 0.264 e. The van der Waals surface area contributed by atoms with Gasteiger partial charge in [0.1, 0.15) is 5.82 Å². The lowest BCUT2D eigenvalue weighted by molar-refractivity contribution is 0.626. The Bertz CT molecular complexity index is 667. The van der Waals surface area contributed by atoms with Crippen LogP contribution in [0, 0.1) is 9.49 Å². The van der Waals surface area contributed by atoms with E-state index in [4.69, 9.17) is 11.6 Å². The monoisotopic (exact) mass is 402 g/mol. The van der Waals surface area contributed by atoms with Gasteiger partial charge in [0.05, 0.1) is 9.26 Å². The SMILES string of the molecule is CC(C)Cc1nc(Cc2ccccc2Cl)[nH]c(=O)c1I. The number of rotatable bonds is 4. The van der Waals surface area contributed by atoms with E-state index < -0.39 is 0 Å². The lowest BCUT2D eigenvalue weighted by atomic mass is 10.1. The summed E-state index contributed by atoms with van der Waals surface area (Å²) in [7, 11) is 0. The van der Waals surface area contributed by atoms with Crippen molar-refractivity contribution in [3.63, 3.8) is 0 Å². The van der Waals surface area contributed by atoms with Crippen LogP contribution in [0.3, 0.4) is 0 Å². The van der Waals surface area contributed by atoms with Gasteiger partial charge in [-0.3, -0.25) is 4.79 Å². The second-order valence-corrected chi connectivity index (χ2v) is 6.63. The first-order valence-corrected chi connectivity index (χ1v) is 7.94. The van der Waals surface area contributed by atoms with Crippen molar-refractivity contribution < 1.29 is 0 Å². The normalized spacial score (nSPS) is 11.1. The van der Waals surface area contributed by atoms with Gasteiger partial charge in [-0.1, -0.05) is 43.6 Å². The zero-order valence-electron chi connectivity index (χ0n) is 11.4. The molecule has 1 aromatic heterocycles. The van der Waals surface area contributed by atoms with E-state index in [2.05, 4.69) is 46.4 Å². The molecule has 0 atom stereocenters. The second kappa shape index (κ2) is 6.72. The molecule has 1 aromatic carbocycles. The van der Waals surface area contributed by atoms with Gasteiger partial charge >= 0.3 is 0 Å². The van der Waals surface area contributed by atoms with E-state index in [9.17, 15) is 4.79 Å². The zero-order valence-corrected chi connectivity index (χ0v) is 14.3. The predicted molar refractivity (Wildman–Crippen MR) is 90.4 cm³/mol. The van der Waals surface area contributed by atoms with Gasteiger partial charge in [-0.2, -0.15) is 0 Å². The summed E-state index contributed by atoms with van der Waals surface area (Å²) in [6.45, 7) is 4.24. The van der Waals surface area contributed by atoms with Crippen molar-refractivity contribution in [1.29, 1.82) is 0 Å². The maximum atomic E-state index is 12.0. The Morgan fingerprint density at radius 1 is 1.35 bits per heavy atom. The summed E-state index contributed by atoms with van der Waals surface area (Å²) >= 11 is 8.21. The van der Waals surface area contributed by atoms with E-state index in [1.54, 1.807) is 0 Å². The molecule has 3 nitrogen and oxygen atoms in total. The highest BCUT2D eigenvalue weighted by atomic mass is 127. The van der Waals surface area contributed by atoms with Crippen LogP contribution in [-0.2, 0) is 12.8 Å². The summed E-state index contributed by atoms with van der Waals surface area (Å²) in [6.07, 6.45) is 1.34. The predicted octanol–water partition coefficient (Wildman–Crippen LogP) is 3.82. The minimum absolute atomic E-state index is 0.0710. The summed E-state index contributed by atoms with van der Waals surface area (Å²) in [5, 5.41) is 0.694. The Hall–Kier alpha value is -0.880. The number of hydrogen-bond acceptors (Lipinski definition) is 2. The van der Waals surface area contributed by atoms with E-state index in [1.807, 2.05) is 24.3 Å². The van der Waals surface area contributed by atoms with Crippen molar-refractivity contribution in [1.82, 2.24) is 9.97 Å². The molecule has 2 rings (SSSR count). The van der Waals surface area contributed by atoms with Crippen LogP contribution in [0.15, 0.2) is 29.1 Å². The van der Waals surface area contributed by atoms with E-state index in [-0.39, 0.29) is 5.56 Å². The molecule has 0 saturated carbocycles. The van der Waals surface area contributed by atoms with E-state index in [0.29, 0.717) is 26.8 Å². The van der Waals surface area contributed by atoms with Gasteiger partial charge in [0, 0.05) is 11.4 Å². The maximum absolute atomic E-state index is 12.0. The molecule has 0 radical (unpaired) electrons. The lowest BCUT2D eigenvalue weighted by Crippen LogP contribution is -2.19. The van der Waals surface area contributed by atoms with Crippen molar-refractivity contribution in [3.05, 3.63) is 60.3 Å². The number of halogens is 2. The molecule has 106 valence electrons. The second-order valence-electron chi connectivity index (χ2n) is 5.14. The maximum Gasteiger partial charge on any atom is 0.264 e. The molecule has 0 aliphatic heterocycles. The van der Waals surface area contributed by atoms with Crippen LogP contribution in [0.1, 0.15) is 30.9 Å². The summed E-state index contributed by atoms with van der Waals surface area (Å²) in [5.74, 6) is 1.13. The average molecular weight is 403 g/mol. The van der Waals surface area contributed by atoms with Gasteiger partial charge in [0.2, 0.25) is 0 Å². The molecule has 0 fully saturated rings.